The number of carbonyl (C=O) groups excluding carboxylic acids is 1. The first-order valence-corrected chi connectivity index (χ1v) is 6.58. The van der Waals surface area contributed by atoms with Crippen molar-refractivity contribution in [1.82, 2.24) is 9.38 Å². The van der Waals surface area contributed by atoms with E-state index in [9.17, 15) is 4.79 Å². The van der Waals surface area contributed by atoms with Gasteiger partial charge in [-0.05, 0) is 43.3 Å². The maximum atomic E-state index is 12.5. The van der Waals surface area contributed by atoms with E-state index >= 15 is 0 Å². The molecule has 0 aliphatic carbocycles. The zero-order valence-electron chi connectivity index (χ0n) is 11.8. The van der Waals surface area contributed by atoms with Gasteiger partial charge >= 0.3 is 0 Å². The molecular weight excluding hydrogens is 266 g/mol. The molecule has 0 saturated heterocycles. The van der Waals surface area contributed by atoms with Crippen LogP contribution >= 0.6 is 0 Å². The lowest BCUT2D eigenvalue weighted by Crippen LogP contribution is -2.15. The number of carbonyl (C=O) groups is 1. The van der Waals surface area contributed by atoms with Crippen LogP contribution < -0.4 is 10.1 Å². The summed E-state index contributed by atoms with van der Waals surface area (Å²) < 4.78 is 6.88. The fraction of sp³-hybridized carbons (Fsp3) is 0.125. The van der Waals surface area contributed by atoms with Crippen LogP contribution in [0, 0.1) is 6.92 Å². The molecular formula is C16H15N3O2. The molecule has 0 unspecified atom stereocenters. The van der Waals surface area contributed by atoms with Crippen molar-refractivity contribution in [2.75, 3.05) is 12.4 Å². The van der Waals surface area contributed by atoms with Gasteiger partial charge in [0.2, 0.25) is 0 Å². The minimum absolute atomic E-state index is 0.184. The summed E-state index contributed by atoms with van der Waals surface area (Å²) in [6.07, 6.45) is 1.83. The Labute approximate surface area is 122 Å². The van der Waals surface area contributed by atoms with Crippen molar-refractivity contribution in [2.45, 2.75) is 6.92 Å². The number of nitrogens with one attached hydrogen (secondary N) is 1. The number of hydrogen-bond donors (Lipinski definition) is 1. The van der Waals surface area contributed by atoms with Crippen LogP contribution in [-0.4, -0.2) is 22.4 Å². The summed E-state index contributed by atoms with van der Waals surface area (Å²) in [6.45, 7) is 1.83. The molecule has 2 heterocycles. The molecule has 0 atom stereocenters. The number of anilines is 1. The van der Waals surface area contributed by atoms with Gasteiger partial charge in [-0.3, -0.25) is 9.20 Å². The lowest BCUT2D eigenvalue weighted by molar-refractivity contribution is 0.102. The maximum Gasteiger partial charge on any atom is 0.274 e. The molecule has 5 heteroatoms. The first-order valence-electron chi connectivity index (χ1n) is 6.58. The summed E-state index contributed by atoms with van der Waals surface area (Å²) in [5.41, 5.74) is 2.72. The summed E-state index contributed by atoms with van der Waals surface area (Å²) in [6, 6.07) is 12.8. The van der Waals surface area contributed by atoms with Crippen LogP contribution in [0.5, 0.6) is 5.75 Å². The number of benzene rings is 1. The van der Waals surface area contributed by atoms with Gasteiger partial charge in [0.05, 0.1) is 12.8 Å². The Morgan fingerprint density at radius 2 is 1.95 bits per heavy atom. The average Bonchev–Trinajstić information content (AvgIpc) is 2.83. The number of amides is 1. The van der Waals surface area contributed by atoms with Gasteiger partial charge in [0.1, 0.15) is 17.1 Å². The number of nitrogens with zero attached hydrogens (tertiary/aromatic N) is 2. The van der Waals surface area contributed by atoms with E-state index in [2.05, 4.69) is 10.3 Å². The topological polar surface area (TPSA) is 55.6 Å². The normalized spacial score (nSPS) is 10.6. The number of aromatic nitrogens is 2. The third kappa shape index (κ3) is 2.45. The van der Waals surface area contributed by atoms with Crippen LogP contribution in [0.3, 0.4) is 0 Å². The Morgan fingerprint density at radius 3 is 2.67 bits per heavy atom. The van der Waals surface area contributed by atoms with Crippen LogP contribution in [0.2, 0.25) is 0 Å². The largest absolute Gasteiger partial charge is 0.497 e. The van der Waals surface area contributed by atoms with Crippen molar-refractivity contribution < 1.29 is 9.53 Å². The fourth-order valence-corrected chi connectivity index (χ4v) is 2.25. The third-order valence-electron chi connectivity index (χ3n) is 3.27. The van der Waals surface area contributed by atoms with E-state index in [0.29, 0.717) is 17.1 Å². The molecule has 106 valence electrons. The molecule has 0 spiro atoms. The zero-order chi connectivity index (χ0) is 14.8. The highest BCUT2D eigenvalue weighted by Gasteiger charge is 2.16. The predicted molar refractivity (Wildman–Crippen MR) is 80.9 cm³/mol. The van der Waals surface area contributed by atoms with Gasteiger partial charge in [-0.2, -0.15) is 0 Å². The zero-order valence-corrected chi connectivity index (χ0v) is 11.8. The number of methoxy groups -OCH3 is 1. The second kappa shape index (κ2) is 5.28. The summed E-state index contributed by atoms with van der Waals surface area (Å²) in [7, 11) is 1.61. The first kappa shape index (κ1) is 13.2. The molecule has 1 amide bonds. The fourth-order valence-electron chi connectivity index (χ4n) is 2.25. The van der Waals surface area contributed by atoms with E-state index in [0.717, 1.165) is 11.4 Å². The Bertz CT molecular complexity index is 791. The lowest BCUT2D eigenvalue weighted by atomic mass is 10.2. The molecule has 1 N–H and O–H groups in total. The molecule has 0 fully saturated rings. The maximum absolute atomic E-state index is 12.5. The standard InChI is InChI=1S/C16H15N3O2/c1-11-15(19-10-4-3-5-14(19)17-11)16(20)18-12-6-8-13(21-2)9-7-12/h3-10H,1-2H3,(H,18,20). The summed E-state index contributed by atoms with van der Waals surface area (Å²) in [5, 5.41) is 2.87. The molecule has 0 saturated carbocycles. The average molecular weight is 281 g/mol. The smallest absolute Gasteiger partial charge is 0.274 e. The molecule has 0 aliphatic heterocycles. The van der Waals surface area contributed by atoms with Crippen LogP contribution in [0.25, 0.3) is 5.65 Å². The molecule has 1 aromatic carbocycles. The van der Waals surface area contributed by atoms with Crippen LogP contribution in [0.1, 0.15) is 16.2 Å². The van der Waals surface area contributed by atoms with E-state index in [1.807, 2.05) is 31.3 Å². The van der Waals surface area contributed by atoms with Crippen molar-refractivity contribution in [3.8, 4) is 5.75 Å². The van der Waals surface area contributed by atoms with Gasteiger partial charge < -0.3 is 10.1 Å². The Kier molecular flexibility index (Phi) is 3.31. The summed E-state index contributed by atoms with van der Waals surface area (Å²) >= 11 is 0. The van der Waals surface area contributed by atoms with Crippen molar-refractivity contribution in [2.24, 2.45) is 0 Å². The van der Waals surface area contributed by atoms with Gasteiger partial charge in [-0.15, -0.1) is 0 Å². The van der Waals surface area contributed by atoms with E-state index < -0.39 is 0 Å². The number of rotatable bonds is 3. The second-order valence-electron chi connectivity index (χ2n) is 4.66. The predicted octanol–water partition coefficient (Wildman–Crippen LogP) is 2.90. The van der Waals surface area contributed by atoms with Gasteiger partial charge in [0.15, 0.2) is 0 Å². The van der Waals surface area contributed by atoms with Crippen LogP contribution in [0.15, 0.2) is 48.7 Å². The highest BCUT2D eigenvalue weighted by atomic mass is 16.5. The van der Waals surface area contributed by atoms with Crippen molar-refractivity contribution in [1.29, 1.82) is 0 Å². The lowest BCUT2D eigenvalue weighted by Gasteiger charge is -2.07. The monoisotopic (exact) mass is 281 g/mol. The highest BCUT2D eigenvalue weighted by molar-refractivity contribution is 6.04. The van der Waals surface area contributed by atoms with Gasteiger partial charge in [-0.1, -0.05) is 6.07 Å². The van der Waals surface area contributed by atoms with Crippen molar-refractivity contribution in [3.63, 3.8) is 0 Å². The number of ether oxygens (including phenoxy) is 1. The number of hydrogen-bond acceptors (Lipinski definition) is 3. The first-order chi connectivity index (χ1) is 10.2. The molecule has 3 aromatic rings. The molecule has 3 rings (SSSR count). The Morgan fingerprint density at radius 1 is 1.19 bits per heavy atom. The van der Waals surface area contributed by atoms with Crippen molar-refractivity contribution in [3.05, 3.63) is 60.0 Å². The molecule has 2 aromatic heterocycles. The van der Waals surface area contributed by atoms with Crippen LogP contribution in [0.4, 0.5) is 5.69 Å². The molecule has 0 aliphatic rings. The SMILES string of the molecule is COc1ccc(NC(=O)c2c(C)nc3ccccn23)cc1. The summed E-state index contributed by atoms with van der Waals surface area (Å²) in [4.78, 5) is 16.8. The van der Waals surface area contributed by atoms with Crippen molar-refractivity contribution >= 4 is 17.2 Å². The van der Waals surface area contributed by atoms with E-state index in [1.54, 1.807) is 35.8 Å². The van der Waals surface area contributed by atoms with Gasteiger partial charge in [0.25, 0.3) is 5.91 Å². The quantitative estimate of drug-likeness (QED) is 0.803. The Hall–Kier alpha value is -2.82. The molecule has 21 heavy (non-hydrogen) atoms. The van der Waals surface area contributed by atoms with Crippen LogP contribution in [-0.2, 0) is 0 Å². The number of imidazole rings is 1. The van der Waals surface area contributed by atoms with E-state index in [4.69, 9.17) is 4.74 Å². The summed E-state index contributed by atoms with van der Waals surface area (Å²) in [5.74, 6) is 0.565. The van der Waals surface area contributed by atoms with E-state index in [1.165, 1.54) is 0 Å². The Balaban J connectivity index is 1.91. The third-order valence-corrected chi connectivity index (χ3v) is 3.27. The minimum Gasteiger partial charge on any atom is -0.497 e. The number of aryl methyl sites for hydroxylation is 1. The van der Waals surface area contributed by atoms with Gasteiger partial charge in [0, 0.05) is 11.9 Å². The highest BCUT2D eigenvalue weighted by Crippen LogP contribution is 2.17. The van der Waals surface area contributed by atoms with Gasteiger partial charge in [-0.25, -0.2) is 4.98 Å². The number of fused-ring (bicyclic) bond motifs is 1. The second-order valence-corrected chi connectivity index (χ2v) is 4.66. The molecule has 5 nitrogen and oxygen atoms in total. The minimum atomic E-state index is -0.184. The molecule has 0 radical (unpaired) electrons. The van der Waals surface area contributed by atoms with E-state index in [-0.39, 0.29) is 5.91 Å². The molecule has 0 bridgehead atoms. The number of pyridine rings is 1.